The van der Waals surface area contributed by atoms with Crippen molar-refractivity contribution in [1.29, 1.82) is 0 Å². The molecule has 0 spiro atoms. The van der Waals surface area contributed by atoms with Crippen LogP contribution in [-0.4, -0.2) is 9.55 Å². The lowest BCUT2D eigenvalue weighted by atomic mass is 10.1. The monoisotopic (exact) mass is 299 g/mol. The lowest BCUT2D eigenvalue weighted by Crippen LogP contribution is -2.06. The molecule has 0 aliphatic heterocycles. The van der Waals surface area contributed by atoms with Gasteiger partial charge in [0.15, 0.2) is 11.6 Å². The number of nitrogens with two attached hydrogens (primary N) is 1. The van der Waals surface area contributed by atoms with Crippen molar-refractivity contribution in [2.75, 3.05) is 5.73 Å². The molecule has 2 N–H and O–H groups in total. The second-order valence-electron chi connectivity index (χ2n) is 5.14. The van der Waals surface area contributed by atoms with Crippen molar-refractivity contribution >= 4 is 5.69 Å². The largest absolute Gasteiger partial charge is 0.399 e. The Kier molecular flexibility index (Phi) is 3.87. The van der Waals surface area contributed by atoms with Crippen LogP contribution in [0, 0.1) is 11.6 Å². The number of nitrogen functional groups attached to an aromatic ring is 1. The van der Waals surface area contributed by atoms with Crippen LogP contribution in [0.4, 0.5) is 14.5 Å². The van der Waals surface area contributed by atoms with Gasteiger partial charge in [-0.2, -0.15) is 0 Å². The zero-order valence-corrected chi connectivity index (χ0v) is 11.8. The van der Waals surface area contributed by atoms with Crippen LogP contribution in [-0.2, 0) is 13.0 Å². The van der Waals surface area contributed by atoms with E-state index >= 15 is 0 Å². The highest BCUT2D eigenvalue weighted by Crippen LogP contribution is 2.14. The molecule has 3 nitrogen and oxygen atoms in total. The summed E-state index contributed by atoms with van der Waals surface area (Å²) < 4.78 is 28.2. The van der Waals surface area contributed by atoms with Crippen LogP contribution >= 0.6 is 0 Å². The van der Waals surface area contributed by atoms with Gasteiger partial charge in [0, 0.05) is 31.0 Å². The molecule has 2 aromatic carbocycles. The topological polar surface area (TPSA) is 43.8 Å². The van der Waals surface area contributed by atoms with E-state index in [1.165, 1.54) is 6.07 Å². The van der Waals surface area contributed by atoms with Gasteiger partial charge < -0.3 is 10.3 Å². The van der Waals surface area contributed by atoms with E-state index in [0.29, 0.717) is 24.2 Å². The molecule has 0 saturated carbocycles. The number of imidazole rings is 1. The Labute approximate surface area is 127 Å². The Morgan fingerprint density at radius 2 is 1.86 bits per heavy atom. The normalized spacial score (nSPS) is 10.8. The molecule has 3 aromatic rings. The molecule has 0 fully saturated rings. The standard InChI is InChI=1S/C17H15F2N3/c18-15-5-4-12(9-16(15)19)10-17-21-6-7-22(17)11-13-2-1-3-14(20)8-13/h1-9H,10-11,20H2. The van der Waals surface area contributed by atoms with Gasteiger partial charge in [-0.1, -0.05) is 18.2 Å². The van der Waals surface area contributed by atoms with Crippen LogP contribution in [0.2, 0.25) is 0 Å². The average Bonchev–Trinajstić information content (AvgIpc) is 2.90. The molecule has 112 valence electrons. The molecule has 0 unspecified atom stereocenters. The van der Waals surface area contributed by atoms with Gasteiger partial charge in [0.05, 0.1) is 0 Å². The quantitative estimate of drug-likeness (QED) is 0.751. The lowest BCUT2D eigenvalue weighted by molar-refractivity contribution is 0.507. The van der Waals surface area contributed by atoms with Crippen LogP contribution in [0.1, 0.15) is 17.0 Å². The Morgan fingerprint density at radius 3 is 2.64 bits per heavy atom. The average molecular weight is 299 g/mol. The predicted octanol–water partition coefficient (Wildman–Crippen LogP) is 3.38. The number of halogens is 2. The SMILES string of the molecule is Nc1cccc(Cn2ccnc2Cc2ccc(F)c(F)c2)c1. The van der Waals surface area contributed by atoms with Crippen LogP contribution in [0.3, 0.4) is 0 Å². The summed E-state index contributed by atoms with van der Waals surface area (Å²) >= 11 is 0. The van der Waals surface area contributed by atoms with Gasteiger partial charge in [-0.25, -0.2) is 13.8 Å². The number of hydrogen-bond acceptors (Lipinski definition) is 2. The number of aromatic nitrogens is 2. The van der Waals surface area contributed by atoms with Crippen LogP contribution < -0.4 is 5.73 Å². The zero-order chi connectivity index (χ0) is 15.5. The highest BCUT2D eigenvalue weighted by Gasteiger charge is 2.08. The fraction of sp³-hybridized carbons (Fsp3) is 0.118. The summed E-state index contributed by atoms with van der Waals surface area (Å²) in [6.45, 7) is 0.629. The Bertz CT molecular complexity index is 796. The van der Waals surface area contributed by atoms with E-state index in [1.54, 1.807) is 12.3 Å². The van der Waals surface area contributed by atoms with E-state index in [1.807, 2.05) is 35.0 Å². The summed E-state index contributed by atoms with van der Waals surface area (Å²) in [4.78, 5) is 4.30. The van der Waals surface area contributed by atoms with Crippen molar-refractivity contribution < 1.29 is 8.78 Å². The van der Waals surface area contributed by atoms with Gasteiger partial charge in [0.2, 0.25) is 0 Å². The van der Waals surface area contributed by atoms with Gasteiger partial charge in [-0.3, -0.25) is 0 Å². The maximum atomic E-state index is 13.3. The Hall–Kier alpha value is -2.69. The van der Waals surface area contributed by atoms with Crippen LogP contribution in [0.25, 0.3) is 0 Å². The van der Waals surface area contributed by atoms with Crippen molar-refractivity contribution in [3.63, 3.8) is 0 Å². The van der Waals surface area contributed by atoms with Crippen molar-refractivity contribution in [2.45, 2.75) is 13.0 Å². The van der Waals surface area contributed by atoms with Crippen molar-refractivity contribution in [3.05, 3.63) is 83.4 Å². The number of hydrogen-bond donors (Lipinski definition) is 1. The molecule has 0 atom stereocenters. The summed E-state index contributed by atoms with van der Waals surface area (Å²) in [7, 11) is 0. The molecular weight excluding hydrogens is 284 g/mol. The van der Waals surface area contributed by atoms with Crippen molar-refractivity contribution in [1.82, 2.24) is 9.55 Å². The first-order chi connectivity index (χ1) is 10.6. The van der Waals surface area contributed by atoms with Crippen molar-refractivity contribution in [2.24, 2.45) is 0 Å². The molecule has 0 aliphatic carbocycles. The highest BCUT2D eigenvalue weighted by molar-refractivity contribution is 5.40. The van der Waals surface area contributed by atoms with Gasteiger partial charge in [-0.15, -0.1) is 0 Å². The van der Waals surface area contributed by atoms with E-state index in [-0.39, 0.29) is 0 Å². The minimum atomic E-state index is -0.841. The zero-order valence-electron chi connectivity index (χ0n) is 11.8. The first kappa shape index (κ1) is 14.3. The van der Waals surface area contributed by atoms with Crippen LogP contribution in [0.15, 0.2) is 54.9 Å². The summed E-state index contributed by atoms with van der Waals surface area (Å²) in [5.74, 6) is -0.897. The summed E-state index contributed by atoms with van der Waals surface area (Å²) in [6, 6.07) is 11.5. The number of anilines is 1. The summed E-state index contributed by atoms with van der Waals surface area (Å²) in [5, 5.41) is 0. The first-order valence-corrected chi connectivity index (χ1v) is 6.90. The molecule has 1 aromatic heterocycles. The molecule has 0 saturated heterocycles. The lowest BCUT2D eigenvalue weighted by Gasteiger charge is -2.09. The highest BCUT2D eigenvalue weighted by atomic mass is 19.2. The number of benzene rings is 2. The third-order valence-corrected chi connectivity index (χ3v) is 3.45. The van der Waals surface area contributed by atoms with E-state index < -0.39 is 11.6 Å². The maximum absolute atomic E-state index is 13.3. The minimum Gasteiger partial charge on any atom is -0.399 e. The van der Waals surface area contributed by atoms with Gasteiger partial charge in [0.1, 0.15) is 5.82 Å². The Morgan fingerprint density at radius 1 is 1.00 bits per heavy atom. The van der Waals surface area contributed by atoms with Crippen LogP contribution in [0.5, 0.6) is 0 Å². The third-order valence-electron chi connectivity index (χ3n) is 3.45. The molecule has 0 aliphatic rings. The van der Waals surface area contributed by atoms with E-state index in [2.05, 4.69) is 4.98 Å². The first-order valence-electron chi connectivity index (χ1n) is 6.90. The summed E-state index contributed by atoms with van der Waals surface area (Å²) in [5.41, 5.74) is 8.23. The minimum absolute atomic E-state index is 0.437. The molecule has 0 bridgehead atoms. The van der Waals surface area contributed by atoms with Gasteiger partial charge in [0.25, 0.3) is 0 Å². The summed E-state index contributed by atoms with van der Waals surface area (Å²) in [6.07, 6.45) is 3.99. The number of rotatable bonds is 4. The molecule has 0 radical (unpaired) electrons. The fourth-order valence-corrected chi connectivity index (χ4v) is 2.37. The fourth-order valence-electron chi connectivity index (χ4n) is 2.37. The molecule has 5 heteroatoms. The molecule has 1 heterocycles. The second kappa shape index (κ2) is 5.97. The van der Waals surface area contributed by atoms with E-state index in [0.717, 1.165) is 17.5 Å². The number of nitrogens with zero attached hydrogens (tertiary/aromatic N) is 2. The molecule has 22 heavy (non-hydrogen) atoms. The third kappa shape index (κ3) is 3.14. The van der Waals surface area contributed by atoms with E-state index in [4.69, 9.17) is 5.73 Å². The maximum Gasteiger partial charge on any atom is 0.159 e. The predicted molar refractivity (Wildman–Crippen MR) is 81.3 cm³/mol. The molecule has 0 amide bonds. The van der Waals surface area contributed by atoms with E-state index in [9.17, 15) is 8.78 Å². The van der Waals surface area contributed by atoms with Crippen molar-refractivity contribution in [3.8, 4) is 0 Å². The van der Waals surface area contributed by atoms with Gasteiger partial charge >= 0.3 is 0 Å². The Balaban J connectivity index is 1.81. The molecular formula is C17H15F2N3. The smallest absolute Gasteiger partial charge is 0.159 e. The second-order valence-corrected chi connectivity index (χ2v) is 5.14. The van der Waals surface area contributed by atoms with Gasteiger partial charge in [-0.05, 0) is 35.4 Å². The molecule has 3 rings (SSSR count).